The van der Waals surface area contributed by atoms with Gasteiger partial charge in [-0.2, -0.15) is 0 Å². The fraction of sp³-hybridized carbons (Fsp3) is 0.354. The second-order valence-corrected chi connectivity index (χ2v) is 19.6. The Bertz CT molecular complexity index is 2860. The van der Waals surface area contributed by atoms with E-state index >= 15 is 0 Å². The number of rotatable bonds is 27. The Balaban J connectivity index is 0.000000321. The first-order valence-corrected chi connectivity index (χ1v) is 27.6. The van der Waals surface area contributed by atoms with Gasteiger partial charge in [-0.15, -0.1) is 0 Å². The lowest BCUT2D eigenvalue weighted by Crippen LogP contribution is -2.44. The van der Waals surface area contributed by atoms with Crippen molar-refractivity contribution in [3.63, 3.8) is 0 Å². The molecule has 15 nitrogen and oxygen atoms in total. The van der Waals surface area contributed by atoms with Gasteiger partial charge in [0, 0.05) is 38.8 Å². The number of esters is 6. The highest BCUT2D eigenvalue weighted by Crippen LogP contribution is 2.24. The van der Waals surface area contributed by atoms with Crippen molar-refractivity contribution < 1.29 is 61.9 Å². The molecule has 0 radical (unpaired) electrons. The molecule has 0 aliphatic carbocycles. The molecule has 1 heterocycles. The highest BCUT2D eigenvalue weighted by molar-refractivity contribution is 5.93. The van der Waals surface area contributed by atoms with Gasteiger partial charge in [-0.3, -0.25) is 14.4 Å². The number of anilines is 1. The van der Waals surface area contributed by atoms with E-state index in [1.807, 2.05) is 67.6 Å². The normalized spacial score (nSPS) is 12.0. The molecule has 0 N–H and O–H groups in total. The monoisotopic (exact) mass is 1090 g/mol. The van der Waals surface area contributed by atoms with Crippen LogP contribution in [0.5, 0.6) is 34.5 Å². The Kier molecular flexibility index (Phi) is 25.3. The molecule has 0 saturated carbocycles. The van der Waals surface area contributed by atoms with Crippen LogP contribution in [0, 0.1) is 6.92 Å². The van der Waals surface area contributed by atoms with Crippen LogP contribution in [-0.4, -0.2) is 87.2 Å². The van der Waals surface area contributed by atoms with Crippen molar-refractivity contribution in [2.24, 2.45) is 0 Å². The molecule has 1 aliphatic heterocycles. The second-order valence-electron chi connectivity index (χ2n) is 19.6. The third-order valence-electron chi connectivity index (χ3n) is 13.0. The lowest BCUT2D eigenvalue weighted by molar-refractivity contribution is -0.147. The maximum Gasteiger partial charge on any atom is 0.343 e. The number of unbranched alkanes of at least 4 members (excludes halogenated alkanes) is 8. The van der Waals surface area contributed by atoms with Crippen LogP contribution in [0.1, 0.15) is 133 Å². The van der Waals surface area contributed by atoms with Crippen molar-refractivity contribution in [1.29, 1.82) is 0 Å². The average molecular weight is 1090 g/mol. The summed E-state index contributed by atoms with van der Waals surface area (Å²) in [7, 11) is 2.11. The van der Waals surface area contributed by atoms with E-state index in [0.29, 0.717) is 41.6 Å². The summed E-state index contributed by atoms with van der Waals surface area (Å²) in [5.74, 6) is -0.398. The molecule has 6 aromatic carbocycles. The maximum atomic E-state index is 12.7. The van der Waals surface area contributed by atoms with Gasteiger partial charge in [0.1, 0.15) is 34.5 Å². The van der Waals surface area contributed by atoms with Crippen LogP contribution < -0.4 is 33.3 Å². The average Bonchev–Trinajstić information content (AvgIpc) is 3.47. The molecule has 80 heavy (non-hydrogen) atoms. The van der Waals surface area contributed by atoms with Gasteiger partial charge in [0.05, 0.1) is 42.7 Å². The van der Waals surface area contributed by atoms with E-state index in [1.54, 1.807) is 36.4 Å². The molecule has 422 valence electrons. The van der Waals surface area contributed by atoms with E-state index in [9.17, 15) is 28.8 Å². The van der Waals surface area contributed by atoms with Crippen molar-refractivity contribution >= 4 is 41.5 Å². The minimum absolute atomic E-state index is 0.0889. The molecule has 0 atom stereocenters. The standard InChI is InChI=1S/C42H46N2O9.C23H28O4/c1-31-7-15-35(16-8-31)49-29-5-3-4-6-30-50-39(45)23-24-40(46)51-36-17-9-32(10-18-36)41(47)52-37-19-11-33(12-20-37)42(48)53-38-21-13-34(14-22-38)44-27-25-43(2)26-28-44;1-3-4-5-6-7-8-9-19-10-12-20(13-11-19)23(25)27-22-16-14-21(15-17-22)26-18(2)24/h7-22H,3-6,23-30H2,1-2H3;10-17H,3-9H2,1-2H3. The van der Waals surface area contributed by atoms with Gasteiger partial charge >= 0.3 is 35.8 Å². The lowest BCUT2D eigenvalue weighted by Gasteiger charge is -2.34. The number of carbonyl (C=O) groups excluding carboxylic acids is 6. The van der Waals surface area contributed by atoms with E-state index in [2.05, 4.69) is 23.8 Å². The fourth-order valence-electron chi connectivity index (χ4n) is 8.29. The molecule has 7 rings (SSSR count). The summed E-state index contributed by atoms with van der Waals surface area (Å²) in [6.45, 7) is 10.4. The van der Waals surface area contributed by atoms with Crippen LogP contribution in [0.25, 0.3) is 0 Å². The quantitative estimate of drug-likeness (QED) is 0.0270. The molecule has 0 unspecified atom stereocenters. The smallest absolute Gasteiger partial charge is 0.343 e. The first kappa shape index (κ1) is 60.9. The van der Waals surface area contributed by atoms with Crippen LogP contribution in [0.4, 0.5) is 5.69 Å². The zero-order valence-corrected chi connectivity index (χ0v) is 46.5. The Morgan fingerprint density at radius 1 is 0.425 bits per heavy atom. The Morgan fingerprint density at radius 2 is 0.838 bits per heavy atom. The summed E-state index contributed by atoms with van der Waals surface area (Å²) in [5, 5.41) is 0. The summed E-state index contributed by atoms with van der Waals surface area (Å²) in [4.78, 5) is 77.4. The molecular weight excluding hydrogens is 1020 g/mol. The van der Waals surface area contributed by atoms with Crippen LogP contribution >= 0.6 is 0 Å². The number of aryl methyl sites for hydroxylation is 2. The molecule has 1 saturated heterocycles. The lowest BCUT2D eigenvalue weighted by atomic mass is 10.0. The van der Waals surface area contributed by atoms with Gasteiger partial charge in [-0.05, 0) is 179 Å². The number of piperazine rings is 1. The van der Waals surface area contributed by atoms with Crippen LogP contribution in [0.2, 0.25) is 0 Å². The third-order valence-corrected chi connectivity index (χ3v) is 13.0. The zero-order chi connectivity index (χ0) is 56.9. The number of carbonyl (C=O) groups is 6. The first-order chi connectivity index (χ1) is 38.8. The highest BCUT2D eigenvalue weighted by atomic mass is 16.6. The zero-order valence-electron chi connectivity index (χ0n) is 46.5. The summed E-state index contributed by atoms with van der Waals surface area (Å²) in [5.41, 5.74) is 4.58. The van der Waals surface area contributed by atoms with Gasteiger partial charge in [0.15, 0.2) is 0 Å². The van der Waals surface area contributed by atoms with Gasteiger partial charge in [0.2, 0.25) is 0 Å². The first-order valence-electron chi connectivity index (χ1n) is 27.6. The molecule has 0 bridgehead atoms. The van der Waals surface area contributed by atoms with Crippen LogP contribution in [0.15, 0.2) is 146 Å². The summed E-state index contributed by atoms with van der Waals surface area (Å²) < 4.78 is 37.5. The van der Waals surface area contributed by atoms with Crippen molar-refractivity contribution in [2.75, 3.05) is 51.3 Å². The Labute approximate surface area is 470 Å². The summed E-state index contributed by atoms with van der Waals surface area (Å²) in [6, 6.07) is 41.3. The second kappa shape index (κ2) is 33.2. The Morgan fingerprint density at radius 3 is 1.36 bits per heavy atom. The van der Waals surface area contributed by atoms with Crippen LogP contribution in [-0.2, 0) is 25.5 Å². The topological polar surface area (TPSA) is 174 Å². The Hall–Kier alpha value is -8.30. The molecule has 0 aromatic heterocycles. The van der Waals surface area contributed by atoms with Gasteiger partial charge in [-0.1, -0.05) is 68.9 Å². The third kappa shape index (κ3) is 22.2. The molecule has 0 amide bonds. The minimum Gasteiger partial charge on any atom is -0.494 e. The predicted octanol–water partition coefficient (Wildman–Crippen LogP) is 12.8. The van der Waals surface area contributed by atoms with Gasteiger partial charge in [-0.25, -0.2) is 14.4 Å². The van der Waals surface area contributed by atoms with Crippen molar-refractivity contribution in [3.8, 4) is 34.5 Å². The minimum atomic E-state index is -0.628. The van der Waals surface area contributed by atoms with E-state index in [-0.39, 0.29) is 35.9 Å². The number of nitrogens with zero attached hydrogens (tertiary/aromatic N) is 2. The van der Waals surface area contributed by atoms with E-state index in [1.165, 1.54) is 105 Å². The SMILES string of the molecule is CCCCCCCCc1ccc(C(=O)Oc2ccc(OC(C)=O)cc2)cc1.Cc1ccc(OCCCCCCOC(=O)CCC(=O)Oc2ccc(C(=O)Oc3ccc(C(=O)Oc4ccc(N5CCN(C)CC5)cc4)cc3)cc2)cc1. The molecular formula is C65H74N2O13. The van der Waals surface area contributed by atoms with Crippen molar-refractivity contribution in [3.05, 3.63) is 173 Å². The molecule has 1 fully saturated rings. The van der Waals surface area contributed by atoms with E-state index in [4.69, 9.17) is 33.2 Å². The van der Waals surface area contributed by atoms with Crippen molar-refractivity contribution in [2.45, 2.75) is 104 Å². The van der Waals surface area contributed by atoms with E-state index in [0.717, 1.165) is 69.7 Å². The van der Waals surface area contributed by atoms with E-state index < -0.39 is 29.8 Å². The van der Waals surface area contributed by atoms with Gasteiger partial charge < -0.3 is 43.0 Å². The fourth-order valence-corrected chi connectivity index (χ4v) is 8.29. The summed E-state index contributed by atoms with van der Waals surface area (Å²) in [6.07, 6.45) is 12.0. The molecule has 6 aromatic rings. The molecule has 0 spiro atoms. The predicted molar refractivity (Wildman–Crippen MR) is 306 cm³/mol. The number of benzene rings is 6. The molecule has 1 aliphatic rings. The van der Waals surface area contributed by atoms with Crippen molar-refractivity contribution in [1.82, 2.24) is 4.90 Å². The van der Waals surface area contributed by atoms with Gasteiger partial charge in [0.25, 0.3) is 0 Å². The van der Waals surface area contributed by atoms with Crippen LogP contribution in [0.3, 0.4) is 0 Å². The number of hydrogen-bond donors (Lipinski definition) is 0. The number of hydrogen-bond acceptors (Lipinski definition) is 15. The molecule has 15 heteroatoms. The largest absolute Gasteiger partial charge is 0.494 e. The maximum absolute atomic E-state index is 12.7. The summed E-state index contributed by atoms with van der Waals surface area (Å²) >= 11 is 0. The number of likely N-dealkylation sites (N-methyl/N-ethyl adjacent to an activating group) is 1. The highest BCUT2D eigenvalue weighted by Gasteiger charge is 2.17. The number of ether oxygens (including phenoxy) is 7.